The quantitative estimate of drug-likeness (QED) is 0.611. The van der Waals surface area contributed by atoms with Gasteiger partial charge in [0.2, 0.25) is 0 Å². The van der Waals surface area contributed by atoms with E-state index >= 15 is 0 Å². The highest BCUT2D eigenvalue weighted by molar-refractivity contribution is 4.69. The standard InChI is InChI=1S/C14H29NO/c1-3-6-13(2)12-16-10-9-15-11-14-7-4-5-8-14/h13-15H,3-12H2,1-2H3. The van der Waals surface area contributed by atoms with Gasteiger partial charge in [-0.25, -0.2) is 0 Å². The van der Waals surface area contributed by atoms with E-state index in [0.717, 1.165) is 31.6 Å². The van der Waals surface area contributed by atoms with Crippen molar-refractivity contribution in [3.05, 3.63) is 0 Å². The van der Waals surface area contributed by atoms with Gasteiger partial charge in [-0.05, 0) is 37.6 Å². The molecule has 0 saturated heterocycles. The molecule has 0 radical (unpaired) electrons. The van der Waals surface area contributed by atoms with Crippen LogP contribution in [0.25, 0.3) is 0 Å². The minimum Gasteiger partial charge on any atom is -0.380 e. The number of rotatable bonds is 9. The van der Waals surface area contributed by atoms with Crippen LogP contribution in [0.3, 0.4) is 0 Å². The number of nitrogens with one attached hydrogen (secondary N) is 1. The first-order chi connectivity index (χ1) is 7.83. The van der Waals surface area contributed by atoms with Crippen molar-refractivity contribution in [2.24, 2.45) is 11.8 Å². The van der Waals surface area contributed by atoms with Gasteiger partial charge >= 0.3 is 0 Å². The lowest BCUT2D eigenvalue weighted by molar-refractivity contribution is 0.103. The zero-order valence-corrected chi connectivity index (χ0v) is 11.1. The summed E-state index contributed by atoms with van der Waals surface area (Å²) in [6.45, 7) is 8.54. The Balaban J connectivity index is 1.80. The van der Waals surface area contributed by atoms with E-state index in [4.69, 9.17) is 4.74 Å². The summed E-state index contributed by atoms with van der Waals surface area (Å²) in [7, 11) is 0. The molecule has 1 aliphatic carbocycles. The van der Waals surface area contributed by atoms with Crippen LogP contribution in [0.4, 0.5) is 0 Å². The van der Waals surface area contributed by atoms with Crippen LogP contribution in [0.1, 0.15) is 52.4 Å². The molecular weight excluding hydrogens is 198 g/mol. The van der Waals surface area contributed by atoms with Crippen molar-refractivity contribution in [3.8, 4) is 0 Å². The van der Waals surface area contributed by atoms with Gasteiger partial charge in [0, 0.05) is 13.2 Å². The molecule has 0 aromatic heterocycles. The van der Waals surface area contributed by atoms with Gasteiger partial charge < -0.3 is 10.1 Å². The Morgan fingerprint density at radius 2 is 2.06 bits per heavy atom. The third-order valence-corrected chi connectivity index (χ3v) is 3.51. The number of hydrogen-bond donors (Lipinski definition) is 1. The normalized spacial score (nSPS) is 19.1. The molecule has 2 heteroatoms. The molecule has 0 aromatic rings. The second kappa shape index (κ2) is 9.00. The maximum atomic E-state index is 5.65. The van der Waals surface area contributed by atoms with Crippen LogP contribution in [-0.2, 0) is 4.74 Å². The Morgan fingerprint density at radius 3 is 2.75 bits per heavy atom. The summed E-state index contributed by atoms with van der Waals surface area (Å²) in [6.07, 6.45) is 8.30. The van der Waals surface area contributed by atoms with Crippen LogP contribution in [0.15, 0.2) is 0 Å². The summed E-state index contributed by atoms with van der Waals surface area (Å²) in [5.41, 5.74) is 0. The van der Waals surface area contributed by atoms with Crippen molar-refractivity contribution in [2.75, 3.05) is 26.3 Å². The summed E-state index contributed by atoms with van der Waals surface area (Å²) >= 11 is 0. The van der Waals surface area contributed by atoms with Crippen LogP contribution in [0, 0.1) is 11.8 Å². The highest BCUT2D eigenvalue weighted by atomic mass is 16.5. The van der Waals surface area contributed by atoms with E-state index in [1.54, 1.807) is 0 Å². The highest BCUT2D eigenvalue weighted by Gasteiger charge is 2.13. The first-order valence-electron chi connectivity index (χ1n) is 7.11. The third-order valence-electron chi connectivity index (χ3n) is 3.51. The summed E-state index contributed by atoms with van der Waals surface area (Å²) in [5, 5.41) is 3.51. The number of hydrogen-bond acceptors (Lipinski definition) is 2. The Labute approximate surface area is 101 Å². The molecule has 1 atom stereocenters. The van der Waals surface area contributed by atoms with Crippen LogP contribution in [0.2, 0.25) is 0 Å². The molecule has 16 heavy (non-hydrogen) atoms. The summed E-state index contributed by atoms with van der Waals surface area (Å²) < 4.78 is 5.65. The highest BCUT2D eigenvalue weighted by Crippen LogP contribution is 2.23. The van der Waals surface area contributed by atoms with Gasteiger partial charge in [0.15, 0.2) is 0 Å². The Hall–Kier alpha value is -0.0800. The second-order valence-electron chi connectivity index (χ2n) is 5.32. The molecule has 1 aliphatic rings. The van der Waals surface area contributed by atoms with Crippen LogP contribution in [-0.4, -0.2) is 26.3 Å². The molecule has 0 aliphatic heterocycles. The predicted octanol–water partition coefficient (Wildman–Crippen LogP) is 3.22. The monoisotopic (exact) mass is 227 g/mol. The maximum Gasteiger partial charge on any atom is 0.0591 e. The lowest BCUT2D eigenvalue weighted by Crippen LogP contribution is -2.25. The molecular formula is C14H29NO. The van der Waals surface area contributed by atoms with Gasteiger partial charge in [-0.3, -0.25) is 0 Å². The van der Waals surface area contributed by atoms with Crippen molar-refractivity contribution in [2.45, 2.75) is 52.4 Å². The van der Waals surface area contributed by atoms with Gasteiger partial charge in [0.05, 0.1) is 6.61 Å². The fourth-order valence-electron chi connectivity index (χ4n) is 2.53. The average molecular weight is 227 g/mol. The largest absolute Gasteiger partial charge is 0.380 e. The van der Waals surface area contributed by atoms with Gasteiger partial charge in [-0.2, -0.15) is 0 Å². The van der Waals surface area contributed by atoms with E-state index in [0.29, 0.717) is 0 Å². The van der Waals surface area contributed by atoms with E-state index < -0.39 is 0 Å². The van der Waals surface area contributed by atoms with Crippen molar-refractivity contribution in [1.82, 2.24) is 5.32 Å². The lowest BCUT2D eigenvalue weighted by atomic mass is 10.1. The smallest absolute Gasteiger partial charge is 0.0591 e. The van der Waals surface area contributed by atoms with Crippen molar-refractivity contribution >= 4 is 0 Å². The molecule has 0 amide bonds. The number of ether oxygens (including phenoxy) is 1. The van der Waals surface area contributed by atoms with Crippen molar-refractivity contribution in [1.29, 1.82) is 0 Å². The molecule has 1 N–H and O–H groups in total. The fraction of sp³-hybridized carbons (Fsp3) is 1.00. The molecule has 1 unspecified atom stereocenters. The summed E-state index contributed by atoms with van der Waals surface area (Å²) in [4.78, 5) is 0. The molecule has 0 heterocycles. The fourth-order valence-corrected chi connectivity index (χ4v) is 2.53. The van der Waals surface area contributed by atoms with E-state index in [2.05, 4.69) is 19.2 Å². The summed E-state index contributed by atoms with van der Waals surface area (Å²) in [5.74, 6) is 1.67. The zero-order chi connectivity index (χ0) is 11.6. The molecule has 0 spiro atoms. The zero-order valence-electron chi connectivity index (χ0n) is 11.1. The third kappa shape index (κ3) is 6.49. The minimum atomic E-state index is 0.722. The van der Waals surface area contributed by atoms with Crippen LogP contribution >= 0.6 is 0 Å². The SMILES string of the molecule is CCCC(C)COCCNCC1CCCC1. The van der Waals surface area contributed by atoms with Gasteiger partial charge in [0.25, 0.3) is 0 Å². The van der Waals surface area contributed by atoms with Crippen molar-refractivity contribution in [3.63, 3.8) is 0 Å². The first kappa shape index (κ1) is 14.0. The van der Waals surface area contributed by atoms with Gasteiger partial charge in [-0.1, -0.05) is 33.1 Å². The summed E-state index contributed by atoms with van der Waals surface area (Å²) in [6, 6.07) is 0. The molecule has 0 aromatic carbocycles. The molecule has 96 valence electrons. The van der Waals surface area contributed by atoms with Crippen molar-refractivity contribution < 1.29 is 4.74 Å². The van der Waals surface area contributed by atoms with Crippen LogP contribution < -0.4 is 5.32 Å². The first-order valence-corrected chi connectivity index (χ1v) is 7.11. The van der Waals surface area contributed by atoms with Crippen LogP contribution in [0.5, 0.6) is 0 Å². The molecule has 0 bridgehead atoms. The maximum absolute atomic E-state index is 5.65. The topological polar surface area (TPSA) is 21.3 Å². The Bertz CT molecular complexity index is 155. The lowest BCUT2D eigenvalue weighted by Gasteiger charge is -2.12. The van der Waals surface area contributed by atoms with E-state index in [1.165, 1.54) is 45.1 Å². The average Bonchev–Trinajstić information content (AvgIpc) is 2.76. The minimum absolute atomic E-state index is 0.722. The van der Waals surface area contributed by atoms with Gasteiger partial charge in [0.1, 0.15) is 0 Å². The molecule has 1 saturated carbocycles. The van der Waals surface area contributed by atoms with E-state index in [-0.39, 0.29) is 0 Å². The second-order valence-corrected chi connectivity index (χ2v) is 5.32. The van der Waals surface area contributed by atoms with E-state index in [9.17, 15) is 0 Å². The Morgan fingerprint density at radius 1 is 1.31 bits per heavy atom. The predicted molar refractivity (Wildman–Crippen MR) is 69.7 cm³/mol. The molecule has 1 fully saturated rings. The molecule has 1 rings (SSSR count). The molecule has 2 nitrogen and oxygen atoms in total. The van der Waals surface area contributed by atoms with Gasteiger partial charge in [-0.15, -0.1) is 0 Å². The van der Waals surface area contributed by atoms with E-state index in [1.807, 2.05) is 0 Å². The Kier molecular flexibility index (Phi) is 7.87.